The summed E-state index contributed by atoms with van der Waals surface area (Å²) >= 11 is 0. The Morgan fingerprint density at radius 1 is 1.39 bits per heavy atom. The molecule has 4 nitrogen and oxygen atoms in total. The van der Waals surface area contributed by atoms with E-state index in [0.717, 1.165) is 23.3 Å². The van der Waals surface area contributed by atoms with Crippen molar-refractivity contribution in [1.29, 1.82) is 0 Å². The molecule has 0 unspecified atom stereocenters. The summed E-state index contributed by atoms with van der Waals surface area (Å²) in [6, 6.07) is 0. The van der Waals surface area contributed by atoms with Crippen LogP contribution >= 0.6 is 0 Å². The number of aromatic nitrogens is 1. The van der Waals surface area contributed by atoms with Gasteiger partial charge < -0.3 is 9.73 Å². The fourth-order valence-electron chi connectivity index (χ4n) is 2.43. The molecule has 0 bridgehead atoms. The van der Waals surface area contributed by atoms with Gasteiger partial charge in [0.1, 0.15) is 6.26 Å². The standard InChI is InChI=1S/C14H10N2O2/c17-14(15-5-9-6-18-7-16-9)11-2-1-10-12-3-8(12)4-13(10)11/h1-2,4,6-7H,3,5H2,(H,15,17). The van der Waals surface area contributed by atoms with Gasteiger partial charge in [-0.05, 0) is 40.9 Å². The van der Waals surface area contributed by atoms with Crippen LogP contribution in [-0.2, 0) is 11.3 Å². The van der Waals surface area contributed by atoms with Crippen LogP contribution in [-0.4, -0.2) is 10.9 Å². The smallest absolute Gasteiger partial charge is 0.252 e. The first-order valence-corrected chi connectivity index (χ1v) is 5.85. The fourth-order valence-corrected chi connectivity index (χ4v) is 2.43. The van der Waals surface area contributed by atoms with Crippen molar-refractivity contribution in [3.63, 3.8) is 0 Å². The third kappa shape index (κ3) is 1.32. The molecule has 3 aliphatic carbocycles. The molecule has 1 aromatic rings. The van der Waals surface area contributed by atoms with Gasteiger partial charge in [0.05, 0.1) is 12.2 Å². The summed E-state index contributed by atoms with van der Waals surface area (Å²) in [5.41, 5.74) is 6.56. The van der Waals surface area contributed by atoms with Crippen LogP contribution in [0.1, 0.15) is 12.1 Å². The van der Waals surface area contributed by atoms with Crippen molar-refractivity contribution in [1.82, 2.24) is 10.3 Å². The minimum absolute atomic E-state index is 0.0574. The topological polar surface area (TPSA) is 55.1 Å². The molecule has 0 aliphatic heterocycles. The number of carbonyl (C=O) groups excluding carboxylic acids is 1. The largest absolute Gasteiger partial charge is 0.451 e. The lowest BCUT2D eigenvalue weighted by molar-refractivity contribution is -0.117. The summed E-state index contributed by atoms with van der Waals surface area (Å²) in [6.07, 6.45) is 10.0. The van der Waals surface area contributed by atoms with E-state index < -0.39 is 0 Å². The highest BCUT2D eigenvalue weighted by molar-refractivity contribution is 6.01. The molecule has 4 heteroatoms. The highest BCUT2D eigenvalue weighted by Gasteiger charge is 2.35. The molecule has 1 amide bonds. The van der Waals surface area contributed by atoms with Crippen molar-refractivity contribution in [2.45, 2.75) is 13.0 Å². The maximum absolute atomic E-state index is 12.1. The van der Waals surface area contributed by atoms with Crippen molar-refractivity contribution < 1.29 is 9.21 Å². The van der Waals surface area contributed by atoms with Crippen LogP contribution in [0.2, 0.25) is 0 Å². The average Bonchev–Trinajstić information content (AvgIpc) is 2.81. The maximum atomic E-state index is 12.1. The number of hydrogen-bond acceptors (Lipinski definition) is 3. The Balaban J connectivity index is 1.53. The monoisotopic (exact) mass is 238 g/mol. The first-order valence-electron chi connectivity index (χ1n) is 5.85. The summed E-state index contributed by atoms with van der Waals surface area (Å²) in [5, 5.41) is 2.85. The van der Waals surface area contributed by atoms with E-state index in [1.165, 1.54) is 29.4 Å². The number of fused-ring (bicyclic) bond motifs is 2. The van der Waals surface area contributed by atoms with E-state index in [0.29, 0.717) is 6.54 Å². The molecule has 0 atom stereocenters. The number of oxazole rings is 1. The third-order valence-electron chi connectivity index (χ3n) is 3.43. The predicted molar refractivity (Wildman–Crippen MR) is 64.2 cm³/mol. The van der Waals surface area contributed by atoms with Crippen LogP contribution in [0.5, 0.6) is 0 Å². The van der Waals surface area contributed by atoms with Gasteiger partial charge in [0.15, 0.2) is 6.39 Å². The van der Waals surface area contributed by atoms with E-state index in [1.54, 1.807) is 0 Å². The van der Waals surface area contributed by atoms with Gasteiger partial charge in [-0.25, -0.2) is 4.98 Å². The summed E-state index contributed by atoms with van der Waals surface area (Å²) in [5.74, 6) is -0.0574. The molecule has 18 heavy (non-hydrogen) atoms. The lowest BCUT2D eigenvalue weighted by Gasteiger charge is -2.04. The van der Waals surface area contributed by atoms with Crippen LogP contribution < -0.4 is 5.32 Å². The molecule has 1 fully saturated rings. The van der Waals surface area contributed by atoms with E-state index >= 15 is 0 Å². The van der Waals surface area contributed by atoms with Crippen LogP contribution in [0.3, 0.4) is 0 Å². The fraction of sp³-hybridized carbons (Fsp3) is 0.143. The molecule has 0 spiro atoms. The molecule has 1 heterocycles. The van der Waals surface area contributed by atoms with Gasteiger partial charge in [-0.1, -0.05) is 6.08 Å². The highest BCUT2D eigenvalue weighted by atomic mass is 16.3. The Hall–Kier alpha value is -2.36. The minimum atomic E-state index is -0.0574. The number of nitrogens with one attached hydrogen (secondary N) is 1. The number of amides is 1. The molecule has 0 saturated heterocycles. The van der Waals surface area contributed by atoms with E-state index in [9.17, 15) is 4.79 Å². The zero-order valence-electron chi connectivity index (χ0n) is 9.56. The Morgan fingerprint density at radius 2 is 2.33 bits per heavy atom. The molecular weight excluding hydrogens is 228 g/mol. The molecule has 3 aliphatic rings. The zero-order valence-corrected chi connectivity index (χ0v) is 9.56. The van der Waals surface area contributed by atoms with Crippen LogP contribution in [0, 0.1) is 0 Å². The summed E-state index contributed by atoms with van der Waals surface area (Å²) in [4.78, 5) is 16.0. The summed E-state index contributed by atoms with van der Waals surface area (Å²) in [6.45, 7) is 0.391. The van der Waals surface area contributed by atoms with Crippen molar-refractivity contribution in [3.05, 3.63) is 64.4 Å². The molecule has 1 saturated carbocycles. The van der Waals surface area contributed by atoms with Crippen LogP contribution in [0.4, 0.5) is 0 Å². The normalized spacial score (nSPS) is 19.0. The number of hydrogen-bond donors (Lipinski definition) is 1. The Morgan fingerprint density at radius 3 is 3.17 bits per heavy atom. The molecule has 0 radical (unpaired) electrons. The number of carbonyl (C=O) groups is 1. The average molecular weight is 238 g/mol. The Labute approximate surface area is 103 Å². The lowest BCUT2D eigenvalue weighted by atomic mass is 10.1. The predicted octanol–water partition coefficient (Wildman–Crippen LogP) is 1.80. The van der Waals surface area contributed by atoms with E-state index in [4.69, 9.17) is 4.42 Å². The lowest BCUT2D eigenvalue weighted by Crippen LogP contribution is -2.24. The van der Waals surface area contributed by atoms with E-state index in [2.05, 4.69) is 16.4 Å². The zero-order chi connectivity index (χ0) is 12.1. The Bertz CT molecular complexity index is 673. The minimum Gasteiger partial charge on any atom is -0.451 e. The number of rotatable bonds is 3. The van der Waals surface area contributed by atoms with Crippen molar-refractivity contribution in [3.8, 4) is 0 Å². The molecule has 88 valence electrons. The first kappa shape index (κ1) is 9.65. The highest BCUT2D eigenvalue weighted by Crippen LogP contribution is 2.51. The second-order valence-corrected chi connectivity index (χ2v) is 4.56. The van der Waals surface area contributed by atoms with Gasteiger partial charge in [-0.2, -0.15) is 0 Å². The molecule has 1 N–H and O–H groups in total. The molecule has 0 aromatic carbocycles. The number of nitrogens with zero attached hydrogens (tertiary/aromatic N) is 1. The second-order valence-electron chi connectivity index (χ2n) is 4.56. The van der Waals surface area contributed by atoms with Gasteiger partial charge in [0.25, 0.3) is 5.91 Å². The van der Waals surface area contributed by atoms with E-state index in [-0.39, 0.29) is 5.91 Å². The van der Waals surface area contributed by atoms with E-state index in [1.807, 2.05) is 12.2 Å². The molecule has 4 rings (SSSR count). The van der Waals surface area contributed by atoms with Crippen molar-refractivity contribution in [2.75, 3.05) is 0 Å². The van der Waals surface area contributed by atoms with Gasteiger partial charge in [-0.15, -0.1) is 0 Å². The molecule has 1 aromatic heterocycles. The SMILES string of the molecule is O=C(NCc1cocn1)C1=C2C=C3CC3=C2C=C1. The third-order valence-corrected chi connectivity index (χ3v) is 3.43. The Kier molecular flexibility index (Phi) is 1.78. The number of allylic oxidation sites excluding steroid dienone is 6. The quantitative estimate of drug-likeness (QED) is 0.873. The maximum Gasteiger partial charge on any atom is 0.252 e. The van der Waals surface area contributed by atoms with Crippen LogP contribution in [0.25, 0.3) is 0 Å². The van der Waals surface area contributed by atoms with Crippen molar-refractivity contribution >= 4 is 5.91 Å². The summed E-state index contributed by atoms with van der Waals surface area (Å²) in [7, 11) is 0. The molecular formula is C14H10N2O2. The van der Waals surface area contributed by atoms with Crippen molar-refractivity contribution in [2.24, 2.45) is 0 Å². The van der Waals surface area contributed by atoms with Crippen LogP contribution in [0.15, 0.2) is 63.2 Å². The van der Waals surface area contributed by atoms with Gasteiger partial charge in [0.2, 0.25) is 0 Å². The summed E-state index contributed by atoms with van der Waals surface area (Å²) < 4.78 is 4.86. The second kappa shape index (κ2) is 3.32. The van der Waals surface area contributed by atoms with Gasteiger partial charge in [-0.3, -0.25) is 4.79 Å². The van der Waals surface area contributed by atoms with Gasteiger partial charge in [0, 0.05) is 5.57 Å². The van der Waals surface area contributed by atoms with Gasteiger partial charge >= 0.3 is 0 Å². The first-order chi connectivity index (χ1) is 8.83.